The van der Waals surface area contributed by atoms with Crippen LogP contribution in [0.25, 0.3) is 5.69 Å². The topological polar surface area (TPSA) is 54.3 Å². The minimum Gasteiger partial charge on any atom is -0.322 e. The molecule has 5 nitrogen and oxygen atoms in total. The third-order valence-corrected chi connectivity index (χ3v) is 7.02. The summed E-state index contributed by atoms with van der Waals surface area (Å²) < 4.78 is 2.12. The van der Waals surface area contributed by atoms with Gasteiger partial charge in [0.05, 0.1) is 27.5 Å². The number of para-hydroxylation sites is 2. The van der Waals surface area contributed by atoms with Crippen LogP contribution in [0.1, 0.15) is 26.4 Å². The predicted octanol–water partition coefficient (Wildman–Crippen LogP) is 6.31. The fourth-order valence-corrected chi connectivity index (χ4v) is 5.11. The molecule has 0 bridgehead atoms. The van der Waals surface area contributed by atoms with Gasteiger partial charge in [-0.25, -0.2) is 0 Å². The molecule has 0 fully saturated rings. The fourth-order valence-electron chi connectivity index (χ4n) is 4.25. The monoisotopic (exact) mass is 487 g/mol. The average molecular weight is 488 g/mol. The molecule has 3 aromatic carbocycles. The number of hydrogen-bond acceptors (Lipinski definition) is 3. The zero-order valence-electron chi connectivity index (χ0n) is 18.5. The van der Waals surface area contributed by atoms with Gasteiger partial charge in [0, 0.05) is 35.4 Å². The third-order valence-electron chi connectivity index (χ3n) is 5.91. The average Bonchev–Trinajstić information content (AvgIpc) is 3.27. The summed E-state index contributed by atoms with van der Waals surface area (Å²) >= 11 is 8.07. The first-order valence-corrected chi connectivity index (χ1v) is 12.5. The van der Waals surface area contributed by atoms with Crippen molar-refractivity contribution < 1.29 is 9.59 Å². The van der Waals surface area contributed by atoms with E-state index >= 15 is 0 Å². The summed E-state index contributed by atoms with van der Waals surface area (Å²) in [6, 6.07) is 24.4. The van der Waals surface area contributed by atoms with E-state index in [1.807, 2.05) is 61.0 Å². The smallest absolute Gasteiger partial charge is 0.259 e. The van der Waals surface area contributed by atoms with E-state index in [1.54, 1.807) is 29.2 Å². The van der Waals surface area contributed by atoms with Crippen LogP contribution in [-0.2, 0) is 6.42 Å². The number of nitrogens with one attached hydrogen (secondary N) is 1. The summed E-state index contributed by atoms with van der Waals surface area (Å²) in [6.45, 7) is 0.542. The normalized spacial score (nSPS) is 12.5. The van der Waals surface area contributed by atoms with Crippen molar-refractivity contribution in [3.05, 3.63) is 107 Å². The summed E-state index contributed by atoms with van der Waals surface area (Å²) in [5, 5.41) is 3.18. The lowest BCUT2D eigenvalue weighted by Crippen LogP contribution is -2.32. The van der Waals surface area contributed by atoms with Gasteiger partial charge in [0.1, 0.15) is 0 Å². The number of nitrogens with zero attached hydrogens (tertiary/aromatic N) is 2. The van der Waals surface area contributed by atoms with Gasteiger partial charge in [-0.15, -0.1) is 11.8 Å². The Morgan fingerprint density at radius 3 is 2.47 bits per heavy atom. The molecule has 5 rings (SSSR count). The number of hydrogen-bond donors (Lipinski definition) is 1. The molecule has 1 aliphatic rings. The van der Waals surface area contributed by atoms with Crippen LogP contribution in [0.2, 0.25) is 5.02 Å². The largest absolute Gasteiger partial charge is 0.322 e. The molecule has 0 spiro atoms. The van der Waals surface area contributed by atoms with E-state index < -0.39 is 0 Å². The summed E-state index contributed by atoms with van der Waals surface area (Å²) in [5.41, 5.74) is 4.47. The Kier molecular flexibility index (Phi) is 6.18. The van der Waals surface area contributed by atoms with Crippen LogP contribution in [0.3, 0.4) is 0 Å². The highest BCUT2D eigenvalue weighted by atomic mass is 35.5. The second-order valence-electron chi connectivity index (χ2n) is 7.91. The third kappa shape index (κ3) is 4.11. The Morgan fingerprint density at radius 1 is 0.912 bits per heavy atom. The van der Waals surface area contributed by atoms with Gasteiger partial charge < -0.3 is 14.8 Å². The summed E-state index contributed by atoms with van der Waals surface area (Å²) in [7, 11) is 0. The zero-order chi connectivity index (χ0) is 23.7. The molecule has 34 heavy (non-hydrogen) atoms. The molecule has 7 heteroatoms. The first kappa shape index (κ1) is 22.3. The van der Waals surface area contributed by atoms with E-state index in [0.717, 1.165) is 28.4 Å². The molecule has 4 aromatic rings. The zero-order valence-corrected chi connectivity index (χ0v) is 20.1. The Bertz CT molecular complexity index is 1400. The summed E-state index contributed by atoms with van der Waals surface area (Å²) in [6.07, 6.45) is 4.68. The van der Waals surface area contributed by atoms with Gasteiger partial charge in [-0.05, 0) is 60.9 Å². The first-order valence-electron chi connectivity index (χ1n) is 10.9. The van der Waals surface area contributed by atoms with Gasteiger partial charge in [-0.2, -0.15) is 0 Å². The fraction of sp³-hybridized carbons (Fsp3) is 0.111. The van der Waals surface area contributed by atoms with Crippen LogP contribution in [0.15, 0.2) is 90.0 Å². The maximum absolute atomic E-state index is 13.6. The van der Waals surface area contributed by atoms with E-state index in [1.165, 1.54) is 11.8 Å². The van der Waals surface area contributed by atoms with E-state index in [9.17, 15) is 9.59 Å². The van der Waals surface area contributed by atoms with E-state index in [0.29, 0.717) is 28.4 Å². The molecule has 2 heterocycles. The van der Waals surface area contributed by atoms with Gasteiger partial charge in [-0.1, -0.05) is 35.9 Å². The lowest BCUT2D eigenvalue weighted by molar-refractivity contribution is 0.0986. The van der Waals surface area contributed by atoms with Crippen molar-refractivity contribution in [2.45, 2.75) is 11.3 Å². The molecular formula is C27H22ClN3O2S. The predicted molar refractivity (Wildman–Crippen MR) is 139 cm³/mol. The maximum Gasteiger partial charge on any atom is 0.259 e. The van der Waals surface area contributed by atoms with E-state index in [4.69, 9.17) is 11.6 Å². The van der Waals surface area contributed by atoms with Crippen molar-refractivity contribution in [3.8, 4) is 5.69 Å². The van der Waals surface area contributed by atoms with Gasteiger partial charge in [0.25, 0.3) is 11.8 Å². The lowest BCUT2D eigenvalue weighted by Gasteiger charge is -2.23. The highest BCUT2D eigenvalue weighted by molar-refractivity contribution is 7.98. The molecule has 0 radical (unpaired) electrons. The van der Waals surface area contributed by atoms with Gasteiger partial charge >= 0.3 is 0 Å². The molecule has 1 aromatic heterocycles. The van der Waals surface area contributed by atoms with Crippen LogP contribution >= 0.6 is 23.4 Å². The standard InChI is InChI=1S/C27H22ClN3O2S/c1-34-25-11-5-2-8-21(25)26(32)29-18-12-13-20(22(28)17-18)27(33)31-16-14-19-7-6-15-30(19)23-9-3-4-10-24(23)31/h2-13,15,17H,14,16H2,1H3,(H,29,32). The molecular weight excluding hydrogens is 466 g/mol. The highest BCUT2D eigenvalue weighted by Crippen LogP contribution is 2.32. The second kappa shape index (κ2) is 9.41. The minimum absolute atomic E-state index is 0.172. The van der Waals surface area contributed by atoms with Crippen molar-refractivity contribution in [1.29, 1.82) is 0 Å². The number of carbonyl (C=O) groups is 2. The SMILES string of the molecule is CSc1ccccc1C(=O)Nc1ccc(C(=O)N2CCc3cccn3-c3ccccc32)c(Cl)c1. The number of halogens is 1. The Hall–Kier alpha value is -3.48. The van der Waals surface area contributed by atoms with Crippen LogP contribution < -0.4 is 10.2 Å². The molecule has 2 amide bonds. The number of fused-ring (bicyclic) bond motifs is 3. The van der Waals surface area contributed by atoms with Crippen molar-refractivity contribution >= 4 is 46.6 Å². The number of amides is 2. The van der Waals surface area contributed by atoms with Crippen molar-refractivity contribution in [3.63, 3.8) is 0 Å². The number of anilines is 2. The summed E-state index contributed by atoms with van der Waals surface area (Å²) in [5.74, 6) is -0.391. The second-order valence-corrected chi connectivity index (χ2v) is 9.17. The molecule has 170 valence electrons. The quantitative estimate of drug-likeness (QED) is 0.343. The first-order chi connectivity index (χ1) is 16.6. The van der Waals surface area contributed by atoms with Crippen molar-refractivity contribution in [1.82, 2.24) is 4.57 Å². The lowest BCUT2D eigenvalue weighted by atomic mass is 10.1. The van der Waals surface area contributed by atoms with Gasteiger partial charge in [0.15, 0.2) is 0 Å². The van der Waals surface area contributed by atoms with Gasteiger partial charge in [0.2, 0.25) is 0 Å². The number of thioether (sulfide) groups is 1. The van der Waals surface area contributed by atoms with Crippen molar-refractivity contribution in [2.24, 2.45) is 0 Å². The van der Waals surface area contributed by atoms with Crippen molar-refractivity contribution in [2.75, 3.05) is 23.0 Å². The molecule has 1 aliphatic heterocycles. The molecule has 1 N–H and O–H groups in total. The molecule has 0 atom stereocenters. The molecule has 0 unspecified atom stereocenters. The van der Waals surface area contributed by atoms with E-state index in [2.05, 4.69) is 16.0 Å². The Balaban J connectivity index is 1.41. The van der Waals surface area contributed by atoms with Crippen LogP contribution in [0.4, 0.5) is 11.4 Å². The van der Waals surface area contributed by atoms with Crippen LogP contribution in [0, 0.1) is 0 Å². The van der Waals surface area contributed by atoms with Gasteiger partial charge in [-0.3, -0.25) is 9.59 Å². The molecule has 0 saturated carbocycles. The molecule has 0 aliphatic carbocycles. The van der Waals surface area contributed by atoms with E-state index in [-0.39, 0.29) is 11.8 Å². The van der Waals surface area contributed by atoms with Crippen LogP contribution in [0.5, 0.6) is 0 Å². The molecule has 0 saturated heterocycles. The highest BCUT2D eigenvalue weighted by Gasteiger charge is 2.26. The number of carbonyl (C=O) groups excluding carboxylic acids is 2. The maximum atomic E-state index is 13.6. The number of rotatable bonds is 4. The van der Waals surface area contributed by atoms with Crippen LogP contribution in [-0.4, -0.2) is 29.2 Å². The Morgan fingerprint density at radius 2 is 1.68 bits per heavy atom. The Labute approximate surface area is 207 Å². The summed E-state index contributed by atoms with van der Waals surface area (Å²) in [4.78, 5) is 29.0. The number of aromatic nitrogens is 1. The number of benzene rings is 3. The minimum atomic E-state index is -0.219.